The highest BCUT2D eigenvalue weighted by Crippen LogP contribution is 2.37. The highest BCUT2D eigenvalue weighted by atomic mass is 79.9. The van der Waals surface area contributed by atoms with Crippen molar-refractivity contribution in [3.05, 3.63) is 68.1 Å². The molecule has 0 amide bonds. The average molecular weight is 415 g/mol. The van der Waals surface area contributed by atoms with Gasteiger partial charge in [-0.15, -0.1) is 0 Å². The van der Waals surface area contributed by atoms with E-state index in [1.807, 2.05) is 12.1 Å². The summed E-state index contributed by atoms with van der Waals surface area (Å²) in [6, 6.07) is 12.9. The molecule has 0 radical (unpaired) electrons. The number of aryl methyl sites for hydroxylation is 2. The van der Waals surface area contributed by atoms with Crippen molar-refractivity contribution in [1.82, 2.24) is 0 Å². The van der Waals surface area contributed by atoms with Gasteiger partial charge < -0.3 is 0 Å². The van der Waals surface area contributed by atoms with E-state index in [1.54, 1.807) is 0 Å². The van der Waals surface area contributed by atoms with E-state index < -0.39 is 0 Å². The highest BCUT2D eigenvalue weighted by molar-refractivity contribution is 9.11. The maximum Gasteiger partial charge on any atom is 0.0655 e. The Labute approximate surface area is 141 Å². The first-order chi connectivity index (χ1) is 9.65. The van der Waals surface area contributed by atoms with Crippen LogP contribution in [0.1, 0.15) is 39.9 Å². The first-order valence-electron chi connectivity index (χ1n) is 6.86. The molecule has 1 unspecified atom stereocenters. The molecule has 0 spiro atoms. The number of benzene rings is 2. The first-order valence-corrected chi connectivity index (χ1v) is 8.94. The largest absolute Gasteiger partial charge is 0.0843 e. The lowest BCUT2D eigenvalue weighted by molar-refractivity contribution is 0.684. The number of rotatable bonds is 2. The van der Waals surface area contributed by atoms with Gasteiger partial charge in [0.1, 0.15) is 0 Å². The summed E-state index contributed by atoms with van der Waals surface area (Å²) in [5, 5.41) is 0.755. The van der Waals surface area contributed by atoms with Crippen LogP contribution >= 0.6 is 43.5 Å². The second-order valence-electron chi connectivity index (χ2n) is 5.26. The molecular weight excluding hydrogens is 399 g/mol. The fraction of sp³-hybridized carbons (Fsp3) is 0.294. The lowest BCUT2D eigenvalue weighted by Crippen LogP contribution is -2.04. The van der Waals surface area contributed by atoms with Gasteiger partial charge in [-0.2, -0.15) is 0 Å². The van der Waals surface area contributed by atoms with Gasteiger partial charge in [0.15, 0.2) is 0 Å². The van der Waals surface area contributed by atoms with E-state index in [9.17, 15) is 0 Å². The van der Waals surface area contributed by atoms with E-state index >= 15 is 0 Å². The van der Waals surface area contributed by atoms with Crippen LogP contribution in [0, 0.1) is 0 Å². The summed E-state index contributed by atoms with van der Waals surface area (Å²) >= 11 is 13.4. The Morgan fingerprint density at radius 1 is 0.950 bits per heavy atom. The molecule has 0 bridgehead atoms. The van der Waals surface area contributed by atoms with Crippen LogP contribution < -0.4 is 0 Å². The molecule has 0 fully saturated rings. The van der Waals surface area contributed by atoms with E-state index in [-0.39, 0.29) is 4.83 Å². The van der Waals surface area contributed by atoms with Gasteiger partial charge in [-0.05, 0) is 60.1 Å². The Morgan fingerprint density at radius 3 is 2.45 bits per heavy atom. The molecule has 3 heteroatoms. The van der Waals surface area contributed by atoms with Gasteiger partial charge in [-0.1, -0.05) is 67.7 Å². The molecule has 2 aromatic rings. The quantitative estimate of drug-likeness (QED) is 0.494. The van der Waals surface area contributed by atoms with E-state index in [0.717, 1.165) is 9.50 Å². The van der Waals surface area contributed by atoms with E-state index in [0.29, 0.717) is 0 Å². The zero-order valence-corrected chi connectivity index (χ0v) is 14.9. The lowest BCUT2D eigenvalue weighted by Gasteiger charge is -2.19. The van der Waals surface area contributed by atoms with Crippen LogP contribution in [0.25, 0.3) is 0 Å². The van der Waals surface area contributed by atoms with Crippen molar-refractivity contribution in [2.24, 2.45) is 0 Å². The molecule has 0 saturated carbocycles. The molecule has 0 heterocycles. The zero-order chi connectivity index (χ0) is 14.1. The molecule has 1 aliphatic rings. The molecule has 0 saturated heterocycles. The topological polar surface area (TPSA) is 0 Å². The third-order valence-corrected chi connectivity index (χ3v) is 5.84. The number of hydrogen-bond acceptors (Lipinski definition) is 0. The van der Waals surface area contributed by atoms with Gasteiger partial charge in [-0.3, -0.25) is 0 Å². The number of halogens is 3. The Morgan fingerprint density at radius 2 is 1.70 bits per heavy atom. The molecule has 20 heavy (non-hydrogen) atoms. The van der Waals surface area contributed by atoms with Crippen molar-refractivity contribution < 1.29 is 0 Å². The fourth-order valence-corrected chi connectivity index (χ4v) is 4.70. The molecule has 104 valence electrons. The molecule has 0 aliphatic heterocycles. The highest BCUT2D eigenvalue weighted by Gasteiger charge is 2.16. The van der Waals surface area contributed by atoms with Crippen molar-refractivity contribution in [1.29, 1.82) is 0 Å². The molecule has 1 aliphatic carbocycles. The fourth-order valence-electron chi connectivity index (χ4n) is 2.80. The molecule has 0 N–H and O–H groups in total. The molecular formula is C17H15Br2Cl. The molecule has 0 nitrogen and oxygen atoms in total. The number of hydrogen-bond donors (Lipinski definition) is 0. The van der Waals surface area contributed by atoms with E-state index in [2.05, 4.69) is 56.1 Å². The standard InChI is InChI=1S/C17H15Br2Cl/c18-16-10-14(20)7-8-15(16)17(19)13-6-5-11-3-1-2-4-12(11)9-13/h5-10,17H,1-4H2. The summed E-state index contributed by atoms with van der Waals surface area (Å²) < 4.78 is 1.05. The van der Waals surface area contributed by atoms with Gasteiger partial charge in [0, 0.05) is 9.50 Å². The van der Waals surface area contributed by atoms with Crippen molar-refractivity contribution in [3.63, 3.8) is 0 Å². The Bertz CT molecular complexity index is 637. The molecule has 0 aromatic heterocycles. The van der Waals surface area contributed by atoms with Gasteiger partial charge in [-0.25, -0.2) is 0 Å². The molecule has 1 atom stereocenters. The van der Waals surface area contributed by atoms with Crippen LogP contribution in [-0.4, -0.2) is 0 Å². The Balaban J connectivity index is 1.95. The third-order valence-electron chi connectivity index (χ3n) is 3.90. The summed E-state index contributed by atoms with van der Waals surface area (Å²) in [7, 11) is 0. The van der Waals surface area contributed by atoms with E-state index in [1.165, 1.54) is 47.9 Å². The molecule has 2 aromatic carbocycles. The predicted octanol–water partition coefficient (Wildman–Crippen LogP) is 6.47. The van der Waals surface area contributed by atoms with Crippen molar-refractivity contribution in [2.45, 2.75) is 30.5 Å². The SMILES string of the molecule is Clc1ccc(C(Br)c2ccc3c(c2)CCCC3)c(Br)c1. The minimum Gasteiger partial charge on any atom is -0.0843 e. The summed E-state index contributed by atoms with van der Waals surface area (Å²) in [6.45, 7) is 0. The van der Waals surface area contributed by atoms with Crippen LogP contribution in [0.4, 0.5) is 0 Å². The third kappa shape index (κ3) is 2.98. The van der Waals surface area contributed by atoms with Gasteiger partial charge in [0.2, 0.25) is 0 Å². The van der Waals surface area contributed by atoms with Crippen molar-refractivity contribution in [3.8, 4) is 0 Å². The zero-order valence-electron chi connectivity index (χ0n) is 11.0. The smallest absolute Gasteiger partial charge is 0.0655 e. The maximum atomic E-state index is 6.02. The average Bonchev–Trinajstić information content (AvgIpc) is 2.46. The second-order valence-corrected chi connectivity index (χ2v) is 7.47. The number of alkyl halides is 1. The Hall–Kier alpha value is -0.310. The van der Waals surface area contributed by atoms with E-state index in [4.69, 9.17) is 11.6 Å². The number of fused-ring (bicyclic) bond motifs is 1. The van der Waals surface area contributed by atoms with Crippen LogP contribution in [0.3, 0.4) is 0 Å². The Kier molecular flexibility index (Phi) is 4.54. The maximum absolute atomic E-state index is 6.02. The summed E-state index contributed by atoms with van der Waals surface area (Å²) in [5.41, 5.74) is 5.57. The summed E-state index contributed by atoms with van der Waals surface area (Å²) in [6.07, 6.45) is 5.08. The van der Waals surface area contributed by atoms with Gasteiger partial charge in [0.25, 0.3) is 0 Å². The first kappa shape index (κ1) is 14.6. The monoisotopic (exact) mass is 412 g/mol. The normalized spacial score (nSPS) is 15.8. The van der Waals surface area contributed by atoms with Gasteiger partial charge in [0.05, 0.1) is 4.83 Å². The minimum absolute atomic E-state index is 0.196. The van der Waals surface area contributed by atoms with Crippen molar-refractivity contribution >= 4 is 43.5 Å². The van der Waals surface area contributed by atoms with Crippen molar-refractivity contribution in [2.75, 3.05) is 0 Å². The summed E-state index contributed by atoms with van der Waals surface area (Å²) in [4.78, 5) is 0.196. The minimum atomic E-state index is 0.196. The molecule has 3 rings (SSSR count). The van der Waals surface area contributed by atoms with Crippen LogP contribution in [0.15, 0.2) is 40.9 Å². The second kappa shape index (κ2) is 6.21. The van der Waals surface area contributed by atoms with Crippen LogP contribution in [-0.2, 0) is 12.8 Å². The lowest BCUT2D eigenvalue weighted by atomic mass is 9.89. The van der Waals surface area contributed by atoms with Gasteiger partial charge >= 0.3 is 0 Å². The predicted molar refractivity (Wildman–Crippen MR) is 93.0 cm³/mol. The van der Waals surface area contributed by atoms with Crippen LogP contribution in [0.2, 0.25) is 5.02 Å². The van der Waals surface area contributed by atoms with Crippen LogP contribution in [0.5, 0.6) is 0 Å². The summed E-state index contributed by atoms with van der Waals surface area (Å²) in [5.74, 6) is 0.